The van der Waals surface area contributed by atoms with E-state index in [4.69, 9.17) is 0 Å². The van der Waals surface area contributed by atoms with E-state index in [1.54, 1.807) is 0 Å². The minimum absolute atomic E-state index is 0.255. The summed E-state index contributed by atoms with van der Waals surface area (Å²) < 4.78 is 4.61. The van der Waals surface area contributed by atoms with Crippen molar-refractivity contribution >= 4 is 23.5 Å². The van der Waals surface area contributed by atoms with Crippen LogP contribution in [0.5, 0.6) is 0 Å². The Morgan fingerprint density at radius 2 is 2.24 bits per heavy atom. The van der Waals surface area contributed by atoms with Gasteiger partial charge in [0.15, 0.2) is 0 Å². The van der Waals surface area contributed by atoms with Crippen LogP contribution in [0.25, 0.3) is 0 Å². The highest BCUT2D eigenvalue weighted by Crippen LogP contribution is 2.30. The molecule has 6 heteroatoms. The molecule has 0 aliphatic heterocycles. The van der Waals surface area contributed by atoms with E-state index in [2.05, 4.69) is 33.9 Å². The van der Waals surface area contributed by atoms with Gasteiger partial charge in [0.2, 0.25) is 0 Å². The zero-order valence-corrected chi connectivity index (χ0v) is 11.3. The van der Waals surface area contributed by atoms with E-state index < -0.39 is 0 Å². The molecule has 1 N–H and O–H groups in total. The SMILES string of the molecule is CNc1ncnc(SCC(=O)OC)c1C(C)C. The van der Waals surface area contributed by atoms with Gasteiger partial charge in [-0.05, 0) is 5.92 Å². The van der Waals surface area contributed by atoms with E-state index in [0.717, 1.165) is 16.4 Å². The van der Waals surface area contributed by atoms with Gasteiger partial charge in [0.05, 0.1) is 12.9 Å². The number of nitrogens with zero attached hydrogens (tertiary/aromatic N) is 2. The molecule has 17 heavy (non-hydrogen) atoms. The second-order valence-electron chi connectivity index (χ2n) is 3.71. The Morgan fingerprint density at radius 3 is 2.76 bits per heavy atom. The van der Waals surface area contributed by atoms with Crippen LogP contribution in [-0.2, 0) is 9.53 Å². The molecule has 0 atom stereocenters. The van der Waals surface area contributed by atoms with Crippen LogP contribution in [0.3, 0.4) is 0 Å². The molecule has 1 rings (SSSR count). The summed E-state index contributed by atoms with van der Waals surface area (Å²) in [4.78, 5) is 19.5. The Bertz CT molecular complexity index is 396. The van der Waals surface area contributed by atoms with Crippen LogP contribution in [0.1, 0.15) is 25.3 Å². The first-order chi connectivity index (χ1) is 8.10. The first-order valence-electron chi connectivity index (χ1n) is 5.32. The topological polar surface area (TPSA) is 64.1 Å². The maximum absolute atomic E-state index is 11.1. The molecule has 0 amide bonds. The standard InChI is InChI=1S/C11H17N3O2S/c1-7(2)9-10(12-3)13-6-14-11(9)17-5-8(15)16-4/h6-7H,5H2,1-4H3,(H,12,13,14). The van der Waals surface area contributed by atoms with Crippen molar-refractivity contribution in [3.8, 4) is 0 Å². The molecule has 0 spiro atoms. The number of ether oxygens (including phenoxy) is 1. The predicted octanol–water partition coefficient (Wildman–Crippen LogP) is 1.91. The molecule has 0 bridgehead atoms. The maximum atomic E-state index is 11.1. The summed E-state index contributed by atoms with van der Waals surface area (Å²) in [5.41, 5.74) is 1.03. The molecule has 5 nitrogen and oxygen atoms in total. The monoisotopic (exact) mass is 255 g/mol. The normalized spacial score (nSPS) is 10.4. The van der Waals surface area contributed by atoms with Crippen LogP contribution in [0, 0.1) is 0 Å². The molecular weight excluding hydrogens is 238 g/mol. The molecule has 0 aliphatic rings. The smallest absolute Gasteiger partial charge is 0.316 e. The summed E-state index contributed by atoms with van der Waals surface area (Å²) in [6.45, 7) is 4.14. The zero-order chi connectivity index (χ0) is 12.8. The molecule has 0 saturated heterocycles. The van der Waals surface area contributed by atoms with Crippen LogP contribution < -0.4 is 5.32 Å². The zero-order valence-electron chi connectivity index (χ0n) is 10.5. The third kappa shape index (κ3) is 3.59. The van der Waals surface area contributed by atoms with E-state index in [0.29, 0.717) is 5.92 Å². The van der Waals surface area contributed by atoms with E-state index in [9.17, 15) is 4.79 Å². The van der Waals surface area contributed by atoms with Crippen LogP contribution >= 0.6 is 11.8 Å². The maximum Gasteiger partial charge on any atom is 0.316 e. The summed E-state index contributed by atoms with van der Waals surface area (Å²) in [5, 5.41) is 3.86. The average molecular weight is 255 g/mol. The number of aromatic nitrogens is 2. The minimum Gasteiger partial charge on any atom is -0.468 e. The van der Waals surface area contributed by atoms with Gasteiger partial charge in [0.25, 0.3) is 0 Å². The number of hydrogen-bond donors (Lipinski definition) is 1. The van der Waals surface area contributed by atoms with Gasteiger partial charge in [0.1, 0.15) is 17.2 Å². The number of rotatable bonds is 5. The number of methoxy groups -OCH3 is 1. The number of hydrogen-bond acceptors (Lipinski definition) is 6. The van der Waals surface area contributed by atoms with Gasteiger partial charge in [-0.25, -0.2) is 9.97 Å². The van der Waals surface area contributed by atoms with Gasteiger partial charge in [-0.15, -0.1) is 0 Å². The number of carbonyl (C=O) groups excluding carboxylic acids is 1. The number of esters is 1. The summed E-state index contributed by atoms with van der Waals surface area (Å²) in [6.07, 6.45) is 1.50. The number of carbonyl (C=O) groups is 1. The molecule has 1 aromatic heterocycles. The van der Waals surface area contributed by atoms with Gasteiger partial charge in [0, 0.05) is 12.6 Å². The average Bonchev–Trinajstić information content (AvgIpc) is 2.34. The number of anilines is 1. The van der Waals surface area contributed by atoms with Crippen molar-refractivity contribution in [1.82, 2.24) is 9.97 Å². The number of thioether (sulfide) groups is 1. The fourth-order valence-electron chi connectivity index (χ4n) is 1.40. The van der Waals surface area contributed by atoms with Gasteiger partial charge in [-0.3, -0.25) is 4.79 Å². The lowest BCUT2D eigenvalue weighted by Gasteiger charge is -2.14. The third-order valence-corrected chi connectivity index (χ3v) is 3.19. The van der Waals surface area contributed by atoms with Crippen LogP contribution in [0.15, 0.2) is 11.4 Å². The van der Waals surface area contributed by atoms with Crippen molar-refractivity contribution < 1.29 is 9.53 Å². The molecule has 0 unspecified atom stereocenters. The minimum atomic E-state index is -0.255. The van der Waals surface area contributed by atoms with E-state index in [1.165, 1.54) is 25.2 Å². The molecule has 1 heterocycles. The molecule has 0 radical (unpaired) electrons. The third-order valence-electron chi connectivity index (χ3n) is 2.22. The Labute approximate surface area is 105 Å². The van der Waals surface area contributed by atoms with Crippen LogP contribution in [0.2, 0.25) is 0 Å². The van der Waals surface area contributed by atoms with Crippen molar-refractivity contribution in [2.75, 3.05) is 25.2 Å². The second-order valence-corrected chi connectivity index (χ2v) is 4.67. The molecular formula is C11H17N3O2S. The van der Waals surface area contributed by atoms with Crippen molar-refractivity contribution in [3.05, 3.63) is 11.9 Å². The summed E-state index contributed by atoms with van der Waals surface area (Å²) in [5.74, 6) is 1.10. The van der Waals surface area contributed by atoms with Crippen molar-refractivity contribution in [2.24, 2.45) is 0 Å². The molecule has 0 aliphatic carbocycles. The highest BCUT2D eigenvalue weighted by atomic mass is 32.2. The van der Waals surface area contributed by atoms with Gasteiger partial charge in [-0.2, -0.15) is 0 Å². The van der Waals surface area contributed by atoms with E-state index in [-0.39, 0.29) is 11.7 Å². The Hall–Kier alpha value is -1.30. The fraction of sp³-hybridized carbons (Fsp3) is 0.545. The van der Waals surface area contributed by atoms with Crippen LogP contribution in [0.4, 0.5) is 5.82 Å². The predicted molar refractivity (Wildman–Crippen MR) is 68.4 cm³/mol. The lowest BCUT2D eigenvalue weighted by Crippen LogP contribution is -2.07. The largest absolute Gasteiger partial charge is 0.468 e. The molecule has 0 aromatic carbocycles. The van der Waals surface area contributed by atoms with Gasteiger partial charge >= 0.3 is 5.97 Å². The summed E-state index contributed by atoms with van der Waals surface area (Å²) in [6, 6.07) is 0. The highest BCUT2D eigenvalue weighted by molar-refractivity contribution is 7.99. The highest BCUT2D eigenvalue weighted by Gasteiger charge is 2.15. The number of nitrogens with one attached hydrogen (secondary N) is 1. The second kappa shape index (κ2) is 6.44. The fourth-order valence-corrected chi connectivity index (χ4v) is 2.38. The van der Waals surface area contributed by atoms with E-state index >= 15 is 0 Å². The van der Waals surface area contributed by atoms with Gasteiger partial charge < -0.3 is 10.1 Å². The van der Waals surface area contributed by atoms with Crippen molar-refractivity contribution in [2.45, 2.75) is 24.8 Å². The van der Waals surface area contributed by atoms with Crippen molar-refractivity contribution in [1.29, 1.82) is 0 Å². The summed E-state index contributed by atoms with van der Waals surface area (Å²) in [7, 11) is 3.20. The molecule has 0 fully saturated rings. The summed E-state index contributed by atoms with van der Waals surface area (Å²) >= 11 is 1.37. The Kier molecular flexibility index (Phi) is 5.21. The first kappa shape index (κ1) is 13.8. The lowest BCUT2D eigenvalue weighted by molar-refractivity contribution is -0.137. The Balaban J connectivity index is 2.94. The lowest BCUT2D eigenvalue weighted by atomic mass is 10.1. The molecule has 94 valence electrons. The van der Waals surface area contributed by atoms with Crippen LogP contribution in [-0.4, -0.2) is 35.8 Å². The van der Waals surface area contributed by atoms with E-state index in [1.807, 2.05) is 7.05 Å². The Morgan fingerprint density at radius 1 is 1.53 bits per heavy atom. The molecule has 1 aromatic rings. The van der Waals surface area contributed by atoms with Crippen molar-refractivity contribution in [3.63, 3.8) is 0 Å². The quantitative estimate of drug-likeness (QED) is 0.492. The van der Waals surface area contributed by atoms with Gasteiger partial charge in [-0.1, -0.05) is 25.6 Å². The molecule has 0 saturated carbocycles. The first-order valence-corrected chi connectivity index (χ1v) is 6.31.